The first-order chi connectivity index (χ1) is 7.40. The summed E-state index contributed by atoms with van der Waals surface area (Å²) in [6, 6.07) is 0. The Kier molecular flexibility index (Phi) is 3.65. The maximum atomic E-state index is 5.49. The van der Waals surface area contributed by atoms with E-state index in [0.717, 1.165) is 13.1 Å². The van der Waals surface area contributed by atoms with Gasteiger partial charge in [0.05, 0.1) is 13.2 Å². The number of aromatic nitrogens is 2. The smallest absolute Gasteiger partial charge is 0.257 e. The molecule has 2 heterocycles. The summed E-state index contributed by atoms with van der Waals surface area (Å²) in [4.78, 5) is 4.25. The molecule has 6 nitrogen and oxygen atoms in total. The third kappa shape index (κ3) is 2.74. The highest BCUT2D eigenvalue weighted by Crippen LogP contribution is 2.16. The summed E-state index contributed by atoms with van der Waals surface area (Å²) >= 11 is 0. The van der Waals surface area contributed by atoms with Crippen LogP contribution in [-0.2, 0) is 15.9 Å². The number of methoxy groups -OCH3 is 1. The summed E-state index contributed by atoms with van der Waals surface area (Å²) in [5.41, 5.74) is 0. The Morgan fingerprint density at radius 3 is 3.27 bits per heavy atom. The van der Waals surface area contributed by atoms with E-state index in [4.69, 9.17) is 14.0 Å². The van der Waals surface area contributed by atoms with Gasteiger partial charge in [-0.25, -0.2) is 0 Å². The molecule has 0 radical (unpaired) electrons. The average Bonchev–Trinajstić information content (AvgIpc) is 2.76. The topological polar surface area (TPSA) is 69.4 Å². The quantitative estimate of drug-likeness (QED) is 0.754. The van der Waals surface area contributed by atoms with Crippen LogP contribution in [0, 0.1) is 0 Å². The van der Waals surface area contributed by atoms with Gasteiger partial charge in [0.2, 0.25) is 0 Å². The van der Waals surface area contributed by atoms with E-state index in [2.05, 4.69) is 15.5 Å². The van der Waals surface area contributed by atoms with Crippen LogP contribution < -0.4 is 5.32 Å². The Balaban J connectivity index is 1.93. The highest BCUT2D eigenvalue weighted by molar-refractivity contribution is 4.92. The normalized spacial score (nSPS) is 21.8. The number of hydrogen-bond donors (Lipinski definition) is 1. The number of rotatable bonds is 4. The molecule has 0 aliphatic carbocycles. The van der Waals surface area contributed by atoms with Gasteiger partial charge in [-0.3, -0.25) is 0 Å². The molecule has 0 saturated carbocycles. The SMILES string of the molecule is COCCc1noc(C2CNCCO2)n1. The van der Waals surface area contributed by atoms with Crippen LogP contribution >= 0.6 is 0 Å². The molecule has 1 aliphatic rings. The van der Waals surface area contributed by atoms with Crippen molar-refractivity contribution in [3.05, 3.63) is 11.7 Å². The van der Waals surface area contributed by atoms with Crippen molar-refractivity contribution >= 4 is 0 Å². The Bertz CT molecular complexity index is 297. The average molecular weight is 213 g/mol. The summed E-state index contributed by atoms with van der Waals surface area (Å²) in [5.74, 6) is 1.22. The van der Waals surface area contributed by atoms with Crippen LogP contribution in [0.25, 0.3) is 0 Å². The molecule has 15 heavy (non-hydrogen) atoms. The van der Waals surface area contributed by atoms with Crippen LogP contribution in [-0.4, -0.2) is 43.6 Å². The van der Waals surface area contributed by atoms with Crippen LogP contribution in [0.3, 0.4) is 0 Å². The standard InChI is InChI=1S/C9H15N3O3/c1-13-4-2-8-11-9(15-12-8)7-6-10-3-5-14-7/h7,10H,2-6H2,1H3. The van der Waals surface area contributed by atoms with Gasteiger partial charge in [-0.1, -0.05) is 5.16 Å². The summed E-state index contributed by atoms with van der Waals surface area (Å²) in [7, 11) is 1.65. The second kappa shape index (κ2) is 5.20. The van der Waals surface area contributed by atoms with Gasteiger partial charge in [-0.15, -0.1) is 0 Å². The van der Waals surface area contributed by atoms with Gasteiger partial charge in [0, 0.05) is 26.6 Å². The number of nitrogens with one attached hydrogen (secondary N) is 1. The lowest BCUT2D eigenvalue weighted by molar-refractivity contribution is 0.00755. The molecule has 1 aliphatic heterocycles. The molecule has 0 bridgehead atoms. The molecular formula is C9H15N3O3. The lowest BCUT2D eigenvalue weighted by Crippen LogP contribution is -2.33. The Morgan fingerprint density at radius 1 is 1.60 bits per heavy atom. The summed E-state index contributed by atoms with van der Waals surface area (Å²) in [5, 5.41) is 7.06. The van der Waals surface area contributed by atoms with Gasteiger partial charge in [-0.05, 0) is 0 Å². The number of morpholine rings is 1. The predicted octanol–water partition coefficient (Wildman–Crippen LogP) is -0.0806. The maximum absolute atomic E-state index is 5.49. The van der Waals surface area contributed by atoms with E-state index in [0.29, 0.717) is 31.3 Å². The van der Waals surface area contributed by atoms with Crippen molar-refractivity contribution in [2.24, 2.45) is 0 Å². The molecule has 0 spiro atoms. The summed E-state index contributed by atoms with van der Waals surface area (Å²) < 4.78 is 15.5. The van der Waals surface area contributed by atoms with Crippen molar-refractivity contribution in [2.45, 2.75) is 12.5 Å². The van der Waals surface area contributed by atoms with Gasteiger partial charge < -0.3 is 19.3 Å². The van der Waals surface area contributed by atoms with Crippen LogP contribution in [0.15, 0.2) is 4.52 Å². The molecule has 1 fully saturated rings. The van der Waals surface area contributed by atoms with Crippen LogP contribution in [0.1, 0.15) is 17.8 Å². The molecule has 84 valence electrons. The van der Waals surface area contributed by atoms with Crippen molar-refractivity contribution in [3.8, 4) is 0 Å². The van der Waals surface area contributed by atoms with E-state index in [9.17, 15) is 0 Å². The van der Waals surface area contributed by atoms with Crippen molar-refractivity contribution < 1.29 is 14.0 Å². The lowest BCUT2D eigenvalue weighted by Gasteiger charge is -2.19. The monoisotopic (exact) mass is 213 g/mol. The molecule has 1 aromatic rings. The molecule has 1 atom stereocenters. The molecule has 0 amide bonds. The highest BCUT2D eigenvalue weighted by atomic mass is 16.5. The zero-order valence-corrected chi connectivity index (χ0v) is 8.73. The molecule has 1 saturated heterocycles. The van der Waals surface area contributed by atoms with E-state index in [1.807, 2.05) is 0 Å². The molecule has 1 N–H and O–H groups in total. The second-order valence-corrected chi connectivity index (χ2v) is 3.36. The number of nitrogens with zero attached hydrogens (tertiary/aromatic N) is 2. The fourth-order valence-corrected chi connectivity index (χ4v) is 1.42. The minimum Gasteiger partial charge on any atom is -0.384 e. The Hall–Kier alpha value is -0.980. The Morgan fingerprint density at radius 2 is 2.53 bits per heavy atom. The third-order valence-electron chi connectivity index (χ3n) is 2.22. The zero-order chi connectivity index (χ0) is 10.5. The van der Waals surface area contributed by atoms with Gasteiger partial charge in [0.15, 0.2) is 5.82 Å². The molecular weight excluding hydrogens is 198 g/mol. The van der Waals surface area contributed by atoms with Crippen molar-refractivity contribution in [2.75, 3.05) is 33.4 Å². The van der Waals surface area contributed by atoms with E-state index < -0.39 is 0 Å². The van der Waals surface area contributed by atoms with Gasteiger partial charge >= 0.3 is 0 Å². The van der Waals surface area contributed by atoms with Crippen molar-refractivity contribution in [3.63, 3.8) is 0 Å². The fourth-order valence-electron chi connectivity index (χ4n) is 1.42. The molecule has 1 unspecified atom stereocenters. The van der Waals surface area contributed by atoms with Crippen molar-refractivity contribution in [1.82, 2.24) is 15.5 Å². The second-order valence-electron chi connectivity index (χ2n) is 3.36. The van der Waals surface area contributed by atoms with E-state index in [1.165, 1.54) is 0 Å². The number of hydrogen-bond acceptors (Lipinski definition) is 6. The largest absolute Gasteiger partial charge is 0.384 e. The maximum Gasteiger partial charge on any atom is 0.257 e. The number of ether oxygens (including phenoxy) is 2. The van der Waals surface area contributed by atoms with Crippen LogP contribution in [0.4, 0.5) is 0 Å². The molecule has 0 aromatic carbocycles. The highest BCUT2D eigenvalue weighted by Gasteiger charge is 2.21. The van der Waals surface area contributed by atoms with Crippen molar-refractivity contribution in [1.29, 1.82) is 0 Å². The van der Waals surface area contributed by atoms with E-state index >= 15 is 0 Å². The summed E-state index contributed by atoms with van der Waals surface area (Å²) in [6.45, 7) is 2.89. The van der Waals surface area contributed by atoms with Crippen LogP contribution in [0.2, 0.25) is 0 Å². The lowest BCUT2D eigenvalue weighted by atomic mass is 10.3. The first-order valence-corrected chi connectivity index (χ1v) is 5.04. The predicted molar refractivity (Wildman–Crippen MR) is 51.4 cm³/mol. The van der Waals surface area contributed by atoms with E-state index in [1.54, 1.807) is 7.11 Å². The van der Waals surface area contributed by atoms with Gasteiger partial charge in [-0.2, -0.15) is 4.98 Å². The minimum absolute atomic E-state index is 0.109. The fraction of sp³-hybridized carbons (Fsp3) is 0.778. The molecule has 6 heteroatoms. The molecule has 2 rings (SSSR count). The minimum atomic E-state index is -0.109. The van der Waals surface area contributed by atoms with Gasteiger partial charge in [0.1, 0.15) is 6.10 Å². The first-order valence-electron chi connectivity index (χ1n) is 5.04. The van der Waals surface area contributed by atoms with Gasteiger partial charge in [0.25, 0.3) is 5.89 Å². The first kappa shape index (κ1) is 10.5. The zero-order valence-electron chi connectivity index (χ0n) is 8.73. The summed E-state index contributed by atoms with van der Waals surface area (Å²) in [6.07, 6.45) is 0.558. The molecule has 1 aromatic heterocycles. The van der Waals surface area contributed by atoms with Crippen LogP contribution in [0.5, 0.6) is 0 Å². The Labute approximate surface area is 87.9 Å². The van der Waals surface area contributed by atoms with E-state index in [-0.39, 0.29) is 6.10 Å². The third-order valence-corrected chi connectivity index (χ3v) is 2.22.